The normalized spacial score (nSPS) is 12.4. The zero-order valence-corrected chi connectivity index (χ0v) is 32.8. The minimum Gasteiger partial charge on any atom is -0.644 e. The molecule has 1 aromatic rings. The summed E-state index contributed by atoms with van der Waals surface area (Å²) in [5, 5.41) is 16.5. The summed E-state index contributed by atoms with van der Waals surface area (Å²) < 4.78 is 0. The fraction of sp³-hybridized carbons (Fsp3) is 0.781. The first-order chi connectivity index (χ1) is 17.3. The summed E-state index contributed by atoms with van der Waals surface area (Å²) >= 11 is 9.53. The summed E-state index contributed by atoms with van der Waals surface area (Å²) in [5.41, 5.74) is 2.47. The van der Waals surface area contributed by atoms with Gasteiger partial charge in [0.1, 0.15) is 0 Å². The molecule has 0 aliphatic carbocycles. The fourth-order valence-electron chi connectivity index (χ4n) is 5.73. The first-order valence-corrected chi connectivity index (χ1v) is 18.7. The molecule has 0 bridgehead atoms. The maximum atomic E-state index is 10.6. The van der Waals surface area contributed by atoms with Crippen LogP contribution < -0.4 is 5.11 Å². The van der Waals surface area contributed by atoms with Gasteiger partial charge in [-0.3, -0.25) is 0 Å². The molecule has 0 unspecified atom stereocenters. The number of carbonyl (C=O) groups is 1. The molecule has 40 heavy (non-hydrogen) atoms. The predicted octanol–water partition coefficient (Wildman–Crippen LogP) is 11.3. The molecule has 0 N–H and O–H groups in total. The van der Waals surface area contributed by atoms with E-state index in [0.717, 1.165) is 11.1 Å². The van der Waals surface area contributed by atoms with Gasteiger partial charge in [0.2, 0.25) is 0 Å². The van der Waals surface area contributed by atoms with E-state index in [1.807, 2.05) is 45.9 Å². The second-order valence-corrected chi connectivity index (χ2v) is 24.8. The van der Waals surface area contributed by atoms with Crippen molar-refractivity contribution in [3.63, 3.8) is 0 Å². The molecule has 0 atom stereocenters. The van der Waals surface area contributed by atoms with E-state index in [1.165, 1.54) is 12.3 Å². The van der Waals surface area contributed by atoms with Crippen LogP contribution in [0.1, 0.15) is 134 Å². The smallest absolute Gasteiger partial charge is 0.644 e. The molecule has 0 aliphatic heterocycles. The minimum atomic E-state index is -1.38. The number of benzene rings is 1. The van der Waals surface area contributed by atoms with Gasteiger partial charge >= 0.3 is 16.5 Å². The van der Waals surface area contributed by atoms with E-state index in [2.05, 4.69) is 88.4 Å². The first-order valence-electron chi connectivity index (χ1n) is 14.2. The molecule has 0 fully saturated rings. The third kappa shape index (κ3) is 17.5. The molecule has 0 saturated carbocycles. The van der Waals surface area contributed by atoms with Gasteiger partial charge in [-0.05, 0) is 101 Å². The van der Waals surface area contributed by atoms with Crippen molar-refractivity contribution in [3.05, 3.63) is 34.6 Å². The quantitative estimate of drug-likeness (QED) is 0.170. The van der Waals surface area contributed by atoms with E-state index < -0.39 is 6.09 Å². The van der Waals surface area contributed by atoms with Crippen LogP contribution in [-0.4, -0.2) is 44.4 Å². The van der Waals surface area contributed by atoms with E-state index >= 15 is 0 Å². The minimum absolute atomic E-state index is 0. The van der Waals surface area contributed by atoms with Gasteiger partial charge in [0.05, 0.1) is 38.3 Å². The van der Waals surface area contributed by atoms with Crippen LogP contribution in [-0.2, 0) is 16.5 Å². The van der Waals surface area contributed by atoms with Crippen LogP contribution in [0.25, 0.3) is 5.32 Å². The van der Waals surface area contributed by atoms with Gasteiger partial charge in [0, 0.05) is 15.8 Å². The second kappa shape index (κ2) is 18.9. The van der Waals surface area contributed by atoms with Crippen LogP contribution in [0.2, 0.25) is 0 Å². The third-order valence-corrected chi connectivity index (χ3v) is 16.0. The van der Waals surface area contributed by atoms with E-state index in [0.29, 0.717) is 26.3 Å². The fourth-order valence-corrected chi connectivity index (χ4v) is 15.2. The molecule has 1 aromatic carbocycles. The van der Waals surface area contributed by atoms with Crippen molar-refractivity contribution in [2.45, 2.75) is 143 Å². The van der Waals surface area contributed by atoms with Crippen LogP contribution in [0.15, 0.2) is 18.2 Å². The number of carbonyl (C=O) groups excluding carboxylic acids is 1. The number of rotatable bonds is 6. The van der Waals surface area contributed by atoms with Gasteiger partial charge in [0.15, 0.2) is 0 Å². The van der Waals surface area contributed by atoms with Gasteiger partial charge in [-0.15, -0.1) is 28.9 Å². The summed E-state index contributed by atoms with van der Waals surface area (Å²) in [5.74, 6) is 0.494. The molecule has 0 saturated heterocycles. The molecular formula is C32H61Cl2NNiO2P2+2. The number of amides is 1. The van der Waals surface area contributed by atoms with Crippen molar-refractivity contribution in [2.24, 2.45) is 0 Å². The second-order valence-electron chi connectivity index (χ2n) is 15.0. The summed E-state index contributed by atoms with van der Waals surface area (Å²) in [4.78, 5) is 10.6. The predicted molar refractivity (Wildman–Crippen MR) is 185 cm³/mol. The Bertz CT molecular complexity index is 766. The molecule has 0 spiro atoms. The number of alkyl halides is 2. The van der Waals surface area contributed by atoms with Crippen LogP contribution in [0, 0.1) is 0 Å². The summed E-state index contributed by atoms with van der Waals surface area (Å²) in [6.07, 6.45) is 1.59. The Labute approximate surface area is 271 Å². The Morgan fingerprint density at radius 1 is 0.725 bits per heavy atom. The molecule has 0 heterocycles. The average Bonchev–Trinajstić information content (AvgIpc) is 2.67. The van der Waals surface area contributed by atoms with Crippen LogP contribution in [0.4, 0.5) is 10.5 Å². The monoisotopic (exact) mass is 681 g/mol. The molecule has 8 heteroatoms. The zero-order valence-electron chi connectivity index (χ0n) is 28.3. The Morgan fingerprint density at radius 3 is 1.15 bits per heavy atom. The number of nitrogens with zero attached hydrogens (tertiary/aromatic N) is 1. The Hall–Kier alpha value is 0.424. The molecule has 238 valence electrons. The Kier molecular flexibility index (Phi) is 21.2. The van der Waals surface area contributed by atoms with Crippen molar-refractivity contribution in [2.75, 3.05) is 17.7 Å². The van der Waals surface area contributed by atoms with Gasteiger partial charge in [0.25, 0.3) is 0 Å². The Morgan fingerprint density at radius 2 is 0.975 bits per heavy atom. The number of hydrogen-bond donors (Lipinski definition) is 0. The van der Waals surface area contributed by atoms with E-state index in [1.54, 1.807) is 0 Å². The van der Waals surface area contributed by atoms with Crippen molar-refractivity contribution in [1.82, 2.24) is 0 Å². The number of hydrogen-bond acceptors (Lipinski definition) is 2. The molecule has 1 amide bonds. The van der Waals surface area contributed by atoms with Crippen molar-refractivity contribution >= 4 is 50.8 Å². The van der Waals surface area contributed by atoms with Gasteiger partial charge in [-0.2, -0.15) is 0 Å². The molecule has 0 aromatic heterocycles. The standard InChI is InChI=1S/C18H40P2.C13H18NO2.CH2Cl2.Ni/c1-15(2,3)19(16(4,5)6)13-14-20(17(7,8)9)18(10,11)12;1-8(2)10-6-5-7-11(9(3)4)12(10)14-13(15)16;2-1-3;/h13-14H2,1-12H3;5-9H,1-4H3,(H,15,16);1H2;/q;-1;;+2/p+1. The van der Waals surface area contributed by atoms with E-state index in [4.69, 9.17) is 23.2 Å². The van der Waals surface area contributed by atoms with E-state index in [9.17, 15) is 9.90 Å². The average molecular weight is 683 g/mol. The van der Waals surface area contributed by atoms with Crippen molar-refractivity contribution in [3.8, 4) is 0 Å². The first kappa shape index (κ1) is 44.9. The van der Waals surface area contributed by atoms with E-state index in [-0.39, 0.29) is 49.5 Å². The van der Waals surface area contributed by atoms with Crippen molar-refractivity contribution in [1.29, 1.82) is 0 Å². The largest absolute Gasteiger partial charge is 2.00 e. The van der Waals surface area contributed by atoms with Crippen LogP contribution in [0.5, 0.6) is 0 Å². The van der Waals surface area contributed by atoms with Gasteiger partial charge < -0.3 is 15.2 Å². The summed E-state index contributed by atoms with van der Waals surface area (Å²) in [7, 11) is -0.729. The molecular weight excluding hydrogens is 622 g/mol. The molecule has 1 rings (SSSR count). The molecule has 3 nitrogen and oxygen atoms in total. The molecule has 0 aliphatic rings. The third-order valence-electron chi connectivity index (χ3n) is 6.79. The zero-order chi connectivity index (χ0) is 31.6. The van der Waals surface area contributed by atoms with Crippen molar-refractivity contribution < 1.29 is 26.4 Å². The number of carboxylic acid groups (broad SMARTS) is 1. The van der Waals surface area contributed by atoms with Gasteiger partial charge in [-0.1, -0.05) is 57.0 Å². The topological polar surface area (TPSA) is 54.2 Å². The molecule has 0 radical (unpaired) electrons. The number of para-hydroxylation sites is 1. The van der Waals surface area contributed by atoms with Crippen LogP contribution >= 0.6 is 39.0 Å². The van der Waals surface area contributed by atoms with Crippen LogP contribution in [0.3, 0.4) is 0 Å². The maximum Gasteiger partial charge on any atom is 2.00 e. The Balaban J connectivity index is -0.000000618. The summed E-state index contributed by atoms with van der Waals surface area (Å²) in [6.45, 7) is 37.7. The SMILES string of the molecule is CC(C)(C)[PH+](CC[PH+](C(C)(C)C)C(C)(C)C)C(C)(C)C.CC(C)c1cccc(C(C)C)c1[N-]C(=O)[O-].ClCCl.[Ni+2]. The number of halogens is 2. The summed E-state index contributed by atoms with van der Waals surface area (Å²) in [6, 6.07) is 5.77. The maximum absolute atomic E-state index is 10.6. The van der Waals surface area contributed by atoms with Gasteiger partial charge in [-0.25, -0.2) is 0 Å².